The lowest BCUT2D eigenvalue weighted by Gasteiger charge is -2.10. The Morgan fingerprint density at radius 2 is 2.00 bits per heavy atom. The average Bonchev–Trinajstić information content (AvgIpc) is 2.62. The Labute approximate surface area is 91.3 Å². The zero-order chi connectivity index (χ0) is 10.6. The minimum atomic E-state index is 0.336. The summed E-state index contributed by atoms with van der Waals surface area (Å²) in [6.45, 7) is 6.59. The van der Waals surface area contributed by atoms with Gasteiger partial charge in [-0.3, -0.25) is 0 Å². The fourth-order valence-corrected chi connectivity index (χ4v) is 2.54. The van der Waals surface area contributed by atoms with Crippen LogP contribution in [0.3, 0.4) is 0 Å². The van der Waals surface area contributed by atoms with Crippen molar-refractivity contribution in [1.82, 2.24) is 0 Å². The maximum Gasteiger partial charge on any atom is 0.00763 e. The molecule has 2 N–H and O–H groups in total. The summed E-state index contributed by atoms with van der Waals surface area (Å²) < 4.78 is 0. The maximum atomic E-state index is 5.75. The van der Waals surface area contributed by atoms with Crippen molar-refractivity contribution in [2.75, 3.05) is 0 Å². The van der Waals surface area contributed by atoms with E-state index in [2.05, 4.69) is 32.9 Å². The van der Waals surface area contributed by atoms with Crippen molar-refractivity contribution in [3.05, 3.63) is 21.9 Å². The molecule has 80 valence electrons. The van der Waals surface area contributed by atoms with Crippen molar-refractivity contribution >= 4 is 11.3 Å². The highest BCUT2D eigenvalue weighted by Crippen LogP contribution is 2.28. The molecule has 0 bridgehead atoms. The van der Waals surface area contributed by atoms with E-state index >= 15 is 0 Å². The summed E-state index contributed by atoms with van der Waals surface area (Å²) in [5.74, 6) is 0.672. The van der Waals surface area contributed by atoms with Crippen LogP contribution >= 0.6 is 11.3 Å². The first kappa shape index (κ1) is 11.7. The van der Waals surface area contributed by atoms with Gasteiger partial charge < -0.3 is 5.73 Å². The summed E-state index contributed by atoms with van der Waals surface area (Å²) in [5, 5.41) is 0. The molecule has 0 saturated carbocycles. The Morgan fingerprint density at radius 3 is 2.50 bits per heavy atom. The maximum absolute atomic E-state index is 5.75. The van der Waals surface area contributed by atoms with Gasteiger partial charge in [-0.05, 0) is 44.2 Å². The summed E-state index contributed by atoms with van der Waals surface area (Å²) in [7, 11) is 0. The quantitative estimate of drug-likeness (QED) is 0.792. The number of nitrogens with two attached hydrogens (primary N) is 1. The van der Waals surface area contributed by atoms with Crippen LogP contribution in [0.5, 0.6) is 0 Å². The molecule has 0 saturated heterocycles. The van der Waals surface area contributed by atoms with Gasteiger partial charge >= 0.3 is 0 Å². The van der Waals surface area contributed by atoms with Gasteiger partial charge in [-0.2, -0.15) is 0 Å². The van der Waals surface area contributed by atoms with Crippen LogP contribution < -0.4 is 5.73 Å². The van der Waals surface area contributed by atoms with Crippen LogP contribution in [0, 0.1) is 0 Å². The van der Waals surface area contributed by atoms with Crippen LogP contribution in [0.2, 0.25) is 0 Å². The normalized spacial score (nSPS) is 15.4. The van der Waals surface area contributed by atoms with E-state index in [0.29, 0.717) is 12.0 Å². The molecule has 0 aliphatic heterocycles. The molecule has 0 radical (unpaired) electrons. The second-order valence-electron chi connectivity index (χ2n) is 4.11. The van der Waals surface area contributed by atoms with Crippen LogP contribution in [0.4, 0.5) is 0 Å². The van der Waals surface area contributed by atoms with E-state index in [0.717, 1.165) is 12.8 Å². The summed E-state index contributed by atoms with van der Waals surface area (Å²) >= 11 is 1.95. The van der Waals surface area contributed by atoms with Crippen molar-refractivity contribution in [2.24, 2.45) is 5.73 Å². The number of aryl methyl sites for hydroxylation is 1. The topological polar surface area (TPSA) is 26.0 Å². The molecular weight excluding hydrogens is 190 g/mol. The van der Waals surface area contributed by atoms with E-state index in [1.54, 1.807) is 0 Å². The van der Waals surface area contributed by atoms with Crippen LogP contribution in [-0.2, 0) is 6.42 Å². The van der Waals surface area contributed by atoms with E-state index in [9.17, 15) is 0 Å². The monoisotopic (exact) mass is 211 g/mol. The van der Waals surface area contributed by atoms with Gasteiger partial charge in [0.15, 0.2) is 0 Å². The number of hydrogen-bond acceptors (Lipinski definition) is 2. The second kappa shape index (κ2) is 5.52. The van der Waals surface area contributed by atoms with Gasteiger partial charge in [0.1, 0.15) is 0 Å². The Hall–Kier alpha value is -0.340. The van der Waals surface area contributed by atoms with E-state index in [1.165, 1.54) is 16.2 Å². The largest absolute Gasteiger partial charge is 0.328 e. The standard InChI is InChI=1S/C12H21NS/c1-4-11-7-8-12(14-11)9(2)5-6-10(3)13/h7-10H,4-6,13H2,1-3H3. The van der Waals surface area contributed by atoms with E-state index in [1.807, 2.05) is 11.3 Å². The third-order valence-corrected chi connectivity index (χ3v) is 4.03. The molecule has 0 aliphatic rings. The zero-order valence-electron chi connectivity index (χ0n) is 9.42. The predicted octanol–water partition coefficient (Wildman–Crippen LogP) is 3.54. The van der Waals surface area contributed by atoms with Crippen molar-refractivity contribution in [3.63, 3.8) is 0 Å². The van der Waals surface area contributed by atoms with Crippen LogP contribution in [-0.4, -0.2) is 6.04 Å². The number of hydrogen-bond donors (Lipinski definition) is 1. The average molecular weight is 211 g/mol. The molecule has 0 amide bonds. The van der Waals surface area contributed by atoms with E-state index in [4.69, 9.17) is 5.73 Å². The van der Waals surface area contributed by atoms with Crippen molar-refractivity contribution in [2.45, 2.75) is 52.0 Å². The molecule has 1 rings (SSSR count). The zero-order valence-corrected chi connectivity index (χ0v) is 10.2. The van der Waals surface area contributed by atoms with Crippen molar-refractivity contribution < 1.29 is 0 Å². The van der Waals surface area contributed by atoms with Gasteiger partial charge in [0.2, 0.25) is 0 Å². The molecule has 1 nitrogen and oxygen atoms in total. The predicted molar refractivity (Wildman–Crippen MR) is 65.0 cm³/mol. The molecule has 0 spiro atoms. The Kier molecular flexibility index (Phi) is 4.63. The van der Waals surface area contributed by atoms with Crippen molar-refractivity contribution in [3.8, 4) is 0 Å². The summed E-state index contributed by atoms with van der Waals surface area (Å²) in [4.78, 5) is 3.01. The van der Waals surface area contributed by atoms with Crippen LogP contribution in [0.15, 0.2) is 12.1 Å². The molecule has 2 atom stereocenters. The fraction of sp³-hybridized carbons (Fsp3) is 0.667. The highest BCUT2D eigenvalue weighted by Gasteiger charge is 2.08. The number of rotatable bonds is 5. The molecule has 2 heteroatoms. The molecule has 14 heavy (non-hydrogen) atoms. The highest BCUT2D eigenvalue weighted by atomic mass is 32.1. The van der Waals surface area contributed by atoms with Gasteiger partial charge in [-0.15, -0.1) is 11.3 Å². The minimum Gasteiger partial charge on any atom is -0.328 e. The smallest absolute Gasteiger partial charge is 0.00763 e. The second-order valence-corrected chi connectivity index (χ2v) is 5.31. The summed E-state index contributed by atoms with van der Waals surface area (Å²) in [5.41, 5.74) is 5.75. The lowest BCUT2D eigenvalue weighted by molar-refractivity contribution is 0.573. The van der Waals surface area contributed by atoms with Gasteiger partial charge in [-0.25, -0.2) is 0 Å². The Bertz CT molecular complexity index is 265. The van der Waals surface area contributed by atoms with Gasteiger partial charge in [0.05, 0.1) is 0 Å². The SMILES string of the molecule is CCc1ccc(C(C)CCC(C)N)s1. The van der Waals surface area contributed by atoms with Crippen molar-refractivity contribution in [1.29, 1.82) is 0 Å². The third-order valence-electron chi connectivity index (χ3n) is 2.57. The van der Waals surface area contributed by atoms with Crippen LogP contribution in [0.25, 0.3) is 0 Å². The molecule has 1 aromatic rings. The summed E-state index contributed by atoms with van der Waals surface area (Å²) in [6, 6.07) is 4.86. The van der Waals surface area contributed by atoms with Crippen LogP contribution in [0.1, 0.15) is 49.3 Å². The Morgan fingerprint density at radius 1 is 1.29 bits per heavy atom. The molecule has 0 fully saturated rings. The van der Waals surface area contributed by atoms with E-state index < -0.39 is 0 Å². The molecule has 1 aromatic heterocycles. The summed E-state index contributed by atoms with van der Waals surface area (Å²) in [6.07, 6.45) is 3.49. The fourth-order valence-electron chi connectivity index (χ4n) is 1.50. The van der Waals surface area contributed by atoms with Gasteiger partial charge in [-0.1, -0.05) is 13.8 Å². The first-order valence-corrected chi connectivity index (χ1v) is 6.29. The molecule has 2 unspecified atom stereocenters. The third kappa shape index (κ3) is 3.43. The highest BCUT2D eigenvalue weighted by molar-refractivity contribution is 7.12. The molecular formula is C12H21NS. The van der Waals surface area contributed by atoms with Gasteiger partial charge in [0, 0.05) is 15.8 Å². The molecule has 1 heterocycles. The first-order chi connectivity index (χ1) is 6.63. The lowest BCUT2D eigenvalue weighted by Crippen LogP contribution is -2.15. The minimum absolute atomic E-state index is 0.336. The lowest BCUT2D eigenvalue weighted by atomic mass is 10.0. The molecule has 0 aromatic carbocycles. The first-order valence-electron chi connectivity index (χ1n) is 5.47. The Balaban J connectivity index is 2.47. The van der Waals surface area contributed by atoms with E-state index in [-0.39, 0.29) is 0 Å². The molecule has 0 aliphatic carbocycles. The van der Waals surface area contributed by atoms with Gasteiger partial charge in [0.25, 0.3) is 0 Å². The number of thiophene rings is 1.